The number of nitrogens with two attached hydrogens (primary N) is 1. The fraction of sp³-hybridized carbons (Fsp3) is 0.552. The van der Waals surface area contributed by atoms with Gasteiger partial charge in [0.15, 0.2) is 0 Å². The molecule has 216 valence electrons. The second-order valence-corrected chi connectivity index (χ2v) is 11.0. The van der Waals surface area contributed by atoms with Crippen LogP contribution in [0.25, 0.3) is 0 Å². The van der Waals surface area contributed by atoms with E-state index in [1.807, 2.05) is 42.5 Å². The van der Waals surface area contributed by atoms with Gasteiger partial charge in [-0.15, -0.1) is 0 Å². The van der Waals surface area contributed by atoms with Crippen LogP contribution in [0.3, 0.4) is 0 Å². The molecule has 2 rings (SSSR count). The number of benzene rings is 2. The number of hydrogen-bond donors (Lipinski definition) is 1. The van der Waals surface area contributed by atoms with Crippen LogP contribution in [-0.4, -0.2) is 42.7 Å². The molecule has 0 saturated heterocycles. The van der Waals surface area contributed by atoms with Gasteiger partial charge in [0, 0.05) is 13.2 Å². The largest absolute Gasteiger partial charge is 0.487 e. The van der Waals surface area contributed by atoms with Crippen molar-refractivity contribution in [1.82, 2.24) is 0 Å². The molecular formula is C29H41ClNO7P. The molecule has 8 nitrogen and oxygen atoms in total. The van der Waals surface area contributed by atoms with E-state index >= 15 is 0 Å². The third kappa shape index (κ3) is 8.97. The number of carbonyl (C=O) groups excluding carboxylic acids is 1. The first-order valence-electron chi connectivity index (χ1n) is 13.1. The normalized spacial score (nSPS) is 14.6. The number of rotatable bonds is 16. The fourth-order valence-electron chi connectivity index (χ4n) is 4.35. The molecule has 0 heterocycles. The zero-order valence-corrected chi connectivity index (χ0v) is 25.3. The molecule has 2 aromatic rings. The summed E-state index contributed by atoms with van der Waals surface area (Å²) < 4.78 is 41.2. The summed E-state index contributed by atoms with van der Waals surface area (Å²) >= 11 is 6.43. The maximum Gasteiger partial charge on any atom is 0.345 e. The van der Waals surface area contributed by atoms with Crippen molar-refractivity contribution in [3.63, 3.8) is 0 Å². The van der Waals surface area contributed by atoms with Gasteiger partial charge in [-0.05, 0) is 90.1 Å². The van der Waals surface area contributed by atoms with E-state index in [4.69, 9.17) is 40.8 Å². The average Bonchev–Trinajstić information content (AvgIpc) is 2.88. The molecule has 2 atom stereocenters. The summed E-state index contributed by atoms with van der Waals surface area (Å²) in [5.74, 6) is -2.01. The Morgan fingerprint density at radius 1 is 1.03 bits per heavy atom. The summed E-state index contributed by atoms with van der Waals surface area (Å²) in [5.41, 5.74) is 5.41. The van der Waals surface area contributed by atoms with Crippen molar-refractivity contribution in [3.05, 3.63) is 64.7 Å². The quantitative estimate of drug-likeness (QED) is 0.130. The van der Waals surface area contributed by atoms with Crippen molar-refractivity contribution in [2.45, 2.75) is 83.9 Å². The Bertz CT molecular complexity index is 1060. The second kappa shape index (κ2) is 15.1. The van der Waals surface area contributed by atoms with Crippen LogP contribution >= 0.6 is 20.3 Å². The highest BCUT2D eigenvalue weighted by Gasteiger charge is 2.60. The minimum Gasteiger partial charge on any atom is -0.487 e. The Morgan fingerprint density at radius 2 is 1.67 bits per heavy atom. The SMILES string of the molecule is CCOC(C)(OCC)C(CCC(CN)c1ccc(Cl)c(OCc2ccccc2)c1)(OP=O)C(=O)OC(C)(C)C. The van der Waals surface area contributed by atoms with Crippen LogP contribution in [0.5, 0.6) is 5.75 Å². The number of halogens is 1. The highest BCUT2D eigenvalue weighted by molar-refractivity contribution is 7.17. The van der Waals surface area contributed by atoms with Crippen LogP contribution in [-0.2, 0) is 34.7 Å². The summed E-state index contributed by atoms with van der Waals surface area (Å²) in [6, 6.07) is 15.3. The van der Waals surface area contributed by atoms with E-state index in [0.717, 1.165) is 11.1 Å². The van der Waals surface area contributed by atoms with E-state index in [1.54, 1.807) is 47.6 Å². The number of hydrogen-bond acceptors (Lipinski definition) is 8. The first-order valence-corrected chi connectivity index (χ1v) is 14.2. The van der Waals surface area contributed by atoms with Crippen LogP contribution in [0, 0.1) is 0 Å². The third-order valence-electron chi connectivity index (χ3n) is 6.29. The second-order valence-electron chi connectivity index (χ2n) is 10.2. The molecule has 0 aliphatic carbocycles. The number of carbonyl (C=O) groups is 1. The zero-order valence-electron chi connectivity index (χ0n) is 23.7. The Labute approximate surface area is 238 Å². The summed E-state index contributed by atoms with van der Waals surface area (Å²) in [7, 11) is -0.715. The molecule has 0 radical (unpaired) electrons. The molecule has 0 amide bonds. The van der Waals surface area contributed by atoms with E-state index in [0.29, 0.717) is 23.8 Å². The first kappa shape index (κ1) is 33.1. The summed E-state index contributed by atoms with van der Waals surface area (Å²) in [6.07, 6.45) is 0.416. The van der Waals surface area contributed by atoms with Gasteiger partial charge in [0.2, 0.25) is 11.4 Å². The summed E-state index contributed by atoms with van der Waals surface area (Å²) in [6.45, 7) is 11.5. The molecule has 0 saturated carbocycles. The van der Waals surface area contributed by atoms with Crippen LogP contribution in [0.15, 0.2) is 48.5 Å². The van der Waals surface area contributed by atoms with Crippen LogP contribution < -0.4 is 10.5 Å². The molecule has 0 bridgehead atoms. The van der Waals surface area contributed by atoms with Gasteiger partial charge < -0.3 is 24.7 Å². The average molecular weight is 582 g/mol. The van der Waals surface area contributed by atoms with E-state index in [-0.39, 0.29) is 32.1 Å². The lowest BCUT2D eigenvalue weighted by molar-refractivity contribution is -0.301. The lowest BCUT2D eigenvalue weighted by atomic mass is 9.83. The van der Waals surface area contributed by atoms with Gasteiger partial charge in [-0.25, -0.2) is 9.36 Å². The molecular weight excluding hydrogens is 541 g/mol. The summed E-state index contributed by atoms with van der Waals surface area (Å²) in [4.78, 5) is 13.7. The topological polar surface area (TPSA) is 106 Å². The molecule has 10 heteroatoms. The van der Waals surface area contributed by atoms with Crippen LogP contribution in [0.1, 0.15) is 71.4 Å². The lowest BCUT2D eigenvalue weighted by Gasteiger charge is -2.44. The van der Waals surface area contributed by atoms with Crippen molar-refractivity contribution in [2.75, 3.05) is 19.8 Å². The molecule has 0 aliphatic rings. The maximum absolute atomic E-state index is 13.7. The minimum absolute atomic E-state index is 0.0539. The van der Waals surface area contributed by atoms with E-state index < -0.39 is 31.6 Å². The van der Waals surface area contributed by atoms with Crippen molar-refractivity contribution >= 4 is 26.3 Å². The smallest absolute Gasteiger partial charge is 0.345 e. The van der Waals surface area contributed by atoms with Gasteiger partial charge in [0.25, 0.3) is 0 Å². The van der Waals surface area contributed by atoms with Gasteiger partial charge in [-0.2, -0.15) is 0 Å². The van der Waals surface area contributed by atoms with Crippen molar-refractivity contribution in [3.8, 4) is 5.75 Å². The molecule has 39 heavy (non-hydrogen) atoms. The highest BCUT2D eigenvalue weighted by atomic mass is 35.5. The predicted molar refractivity (Wildman–Crippen MR) is 152 cm³/mol. The van der Waals surface area contributed by atoms with Gasteiger partial charge in [-0.1, -0.05) is 48.0 Å². The van der Waals surface area contributed by atoms with E-state index in [2.05, 4.69) is 0 Å². The Morgan fingerprint density at radius 3 is 2.21 bits per heavy atom. The van der Waals surface area contributed by atoms with Crippen molar-refractivity contribution in [1.29, 1.82) is 0 Å². The van der Waals surface area contributed by atoms with E-state index in [1.165, 1.54) is 0 Å². The van der Waals surface area contributed by atoms with Crippen molar-refractivity contribution in [2.24, 2.45) is 5.73 Å². The number of ether oxygens (including phenoxy) is 4. The van der Waals surface area contributed by atoms with Crippen molar-refractivity contribution < 1.29 is 32.8 Å². The Hall–Kier alpha value is -2.06. The lowest BCUT2D eigenvalue weighted by Crippen LogP contribution is -2.62. The third-order valence-corrected chi connectivity index (χ3v) is 6.99. The van der Waals surface area contributed by atoms with Gasteiger partial charge >= 0.3 is 14.7 Å². The van der Waals surface area contributed by atoms with E-state index in [9.17, 15) is 9.36 Å². The maximum atomic E-state index is 13.7. The first-order chi connectivity index (χ1) is 18.4. The van der Waals surface area contributed by atoms with Gasteiger partial charge in [0.1, 0.15) is 18.0 Å². The molecule has 0 fully saturated rings. The molecule has 0 aromatic heterocycles. The molecule has 0 spiro atoms. The summed E-state index contributed by atoms with van der Waals surface area (Å²) in [5, 5.41) is 0.474. The van der Waals surface area contributed by atoms with Gasteiger partial charge in [-0.3, -0.25) is 4.52 Å². The number of esters is 1. The highest BCUT2D eigenvalue weighted by Crippen LogP contribution is 2.42. The fourth-order valence-corrected chi connectivity index (χ4v) is 4.98. The predicted octanol–water partition coefficient (Wildman–Crippen LogP) is 6.83. The molecule has 2 unspecified atom stereocenters. The Kier molecular flexibility index (Phi) is 12.8. The zero-order chi connectivity index (χ0) is 29.1. The molecule has 2 aromatic carbocycles. The molecule has 2 N–H and O–H groups in total. The monoisotopic (exact) mass is 581 g/mol. The van der Waals surface area contributed by atoms with Crippen LogP contribution in [0.4, 0.5) is 0 Å². The molecule has 0 aliphatic heterocycles. The Balaban J connectivity index is 2.41. The minimum atomic E-state index is -1.85. The van der Waals surface area contributed by atoms with Crippen LogP contribution in [0.2, 0.25) is 5.02 Å². The standard InChI is InChI=1S/C29H41ClNO7P/c1-7-35-28(6,36-8-2)29(38-39-33,26(32)37-27(3,4)5)17-16-23(19-31)22-14-15-24(30)25(18-22)34-20-21-12-10-9-11-13-21/h9-15,18,23H,7-8,16-17,19-20,31H2,1-6H3. The van der Waals surface area contributed by atoms with Gasteiger partial charge in [0.05, 0.1) is 5.02 Å².